The van der Waals surface area contributed by atoms with Crippen molar-refractivity contribution in [1.82, 2.24) is 0 Å². The molecule has 0 amide bonds. The van der Waals surface area contributed by atoms with Crippen molar-refractivity contribution in [3.8, 4) is 0 Å². The molecular weight excluding hydrogens is 130 g/mol. The Hall–Kier alpha value is -0.153. The van der Waals surface area contributed by atoms with E-state index >= 15 is 0 Å². The SMILES string of the molecule is CC(CO)=N[Si](C)(C)C. The Bertz CT molecular complexity index is 115. The zero-order valence-electron chi connectivity index (χ0n) is 6.60. The van der Waals surface area contributed by atoms with Gasteiger partial charge in [0.25, 0.3) is 0 Å². The van der Waals surface area contributed by atoms with Crippen LogP contribution in [0, 0.1) is 0 Å². The van der Waals surface area contributed by atoms with Crippen molar-refractivity contribution >= 4 is 13.9 Å². The molecule has 0 rings (SSSR count). The van der Waals surface area contributed by atoms with Gasteiger partial charge in [0, 0.05) is 5.71 Å². The maximum atomic E-state index is 8.59. The van der Waals surface area contributed by atoms with Gasteiger partial charge in [0.05, 0.1) is 6.61 Å². The number of rotatable bonds is 2. The molecule has 0 aromatic carbocycles. The Morgan fingerprint density at radius 1 is 1.44 bits per heavy atom. The predicted octanol–water partition coefficient (Wildman–Crippen LogP) is 1.27. The van der Waals surface area contributed by atoms with E-state index in [4.69, 9.17) is 5.11 Å². The summed E-state index contributed by atoms with van der Waals surface area (Å²) in [6.07, 6.45) is 0. The second-order valence-electron chi connectivity index (χ2n) is 3.18. The zero-order valence-corrected chi connectivity index (χ0v) is 7.60. The van der Waals surface area contributed by atoms with E-state index in [-0.39, 0.29) is 6.61 Å². The number of hydrogen-bond acceptors (Lipinski definition) is 2. The summed E-state index contributed by atoms with van der Waals surface area (Å²) in [7, 11) is -1.31. The fourth-order valence-electron chi connectivity index (χ4n) is 0.608. The predicted molar refractivity (Wildman–Crippen MR) is 43.5 cm³/mol. The first-order valence-electron chi connectivity index (χ1n) is 3.12. The van der Waals surface area contributed by atoms with Gasteiger partial charge in [-0.05, 0) is 26.6 Å². The normalized spacial score (nSPS) is 14.1. The monoisotopic (exact) mass is 145 g/mol. The van der Waals surface area contributed by atoms with Gasteiger partial charge in [0.1, 0.15) is 0 Å². The highest BCUT2D eigenvalue weighted by molar-refractivity contribution is 6.75. The number of hydrogen-bond donors (Lipinski definition) is 1. The van der Waals surface area contributed by atoms with E-state index in [0.717, 1.165) is 5.71 Å². The Morgan fingerprint density at radius 2 is 1.89 bits per heavy atom. The van der Waals surface area contributed by atoms with Gasteiger partial charge in [0.2, 0.25) is 0 Å². The number of aliphatic hydroxyl groups excluding tert-OH is 1. The Kier molecular flexibility index (Phi) is 3.07. The molecule has 0 aliphatic rings. The van der Waals surface area contributed by atoms with Crippen LogP contribution in [0.25, 0.3) is 0 Å². The molecule has 0 aliphatic carbocycles. The lowest BCUT2D eigenvalue weighted by molar-refractivity contribution is 0.357. The molecule has 0 aromatic heterocycles. The highest BCUT2D eigenvalue weighted by atomic mass is 28.3. The van der Waals surface area contributed by atoms with Crippen LogP contribution in [0.15, 0.2) is 4.66 Å². The number of nitrogens with zero attached hydrogens (tertiary/aromatic N) is 1. The molecule has 0 atom stereocenters. The average molecular weight is 145 g/mol. The quantitative estimate of drug-likeness (QED) is 0.460. The van der Waals surface area contributed by atoms with Gasteiger partial charge in [-0.3, -0.25) is 0 Å². The van der Waals surface area contributed by atoms with E-state index in [2.05, 4.69) is 24.3 Å². The average Bonchev–Trinajstić information content (AvgIpc) is 1.62. The molecule has 0 bridgehead atoms. The second kappa shape index (κ2) is 3.13. The molecule has 0 saturated heterocycles. The first-order valence-corrected chi connectivity index (χ1v) is 6.56. The van der Waals surface area contributed by atoms with E-state index in [0.29, 0.717) is 0 Å². The van der Waals surface area contributed by atoms with Crippen molar-refractivity contribution in [3.63, 3.8) is 0 Å². The van der Waals surface area contributed by atoms with Crippen LogP contribution in [-0.4, -0.2) is 25.7 Å². The second-order valence-corrected chi connectivity index (χ2v) is 7.74. The van der Waals surface area contributed by atoms with Crippen LogP contribution in [0.1, 0.15) is 6.92 Å². The zero-order chi connectivity index (χ0) is 7.49. The van der Waals surface area contributed by atoms with Gasteiger partial charge < -0.3 is 9.76 Å². The summed E-state index contributed by atoms with van der Waals surface area (Å²) in [5.41, 5.74) is 0.856. The van der Waals surface area contributed by atoms with Gasteiger partial charge in [-0.1, -0.05) is 0 Å². The van der Waals surface area contributed by atoms with Gasteiger partial charge in [-0.25, -0.2) is 0 Å². The lowest BCUT2D eigenvalue weighted by Crippen LogP contribution is -2.19. The summed E-state index contributed by atoms with van der Waals surface area (Å²) in [5, 5.41) is 8.59. The van der Waals surface area contributed by atoms with Gasteiger partial charge >= 0.3 is 0 Å². The highest BCUT2D eigenvalue weighted by Gasteiger charge is 2.10. The largest absolute Gasteiger partial charge is 0.390 e. The Labute approximate surface area is 57.7 Å². The van der Waals surface area contributed by atoms with Gasteiger partial charge in [-0.2, -0.15) is 0 Å². The third-order valence-electron chi connectivity index (χ3n) is 0.755. The molecule has 3 heteroatoms. The molecule has 2 nitrogen and oxygen atoms in total. The summed E-state index contributed by atoms with van der Waals surface area (Å²) >= 11 is 0. The van der Waals surface area contributed by atoms with Crippen LogP contribution >= 0.6 is 0 Å². The molecule has 0 unspecified atom stereocenters. The third-order valence-corrected chi connectivity index (χ3v) is 1.81. The van der Waals surface area contributed by atoms with E-state index in [1.54, 1.807) is 0 Å². The molecule has 9 heavy (non-hydrogen) atoms. The summed E-state index contributed by atoms with van der Waals surface area (Å²) in [6, 6.07) is 0. The number of aliphatic hydroxyl groups is 1. The molecular formula is C6H15NOSi. The lowest BCUT2D eigenvalue weighted by Gasteiger charge is -2.09. The van der Waals surface area contributed by atoms with Gasteiger partial charge in [-0.15, -0.1) is 0 Å². The van der Waals surface area contributed by atoms with Crippen molar-refractivity contribution in [2.45, 2.75) is 26.6 Å². The molecule has 0 saturated carbocycles. The van der Waals surface area contributed by atoms with Crippen LogP contribution in [0.4, 0.5) is 0 Å². The van der Waals surface area contributed by atoms with Crippen LogP contribution in [-0.2, 0) is 0 Å². The first kappa shape index (κ1) is 8.85. The molecule has 0 radical (unpaired) electrons. The molecule has 0 aliphatic heterocycles. The van der Waals surface area contributed by atoms with Gasteiger partial charge in [0.15, 0.2) is 8.24 Å². The third kappa shape index (κ3) is 5.72. The van der Waals surface area contributed by atoms with E-state index in [1.165, 1.54) is 0 Å². The van der Waals surface area contributed by atoms with E-state index < -0.39 is 8.24 Å². The Morgan fingerprint density at radius 3 is 2.00 bits per heavy atom. The van der Waals surface area contributed by atoms with Crippen molar-refractivity contribution in [1.29, 1.82) is 0 Å². The fourth-order valence-corrected chi connectivity index (χ4v) is 1.82. The smallest absolute Gasteiger partial charge is 0.172 e. The standard InChI is InChI=1S/C6H15NOSi/c1-6(5-8)7-9(2,3)4/h8H,5H2,1-4H3. The van der Waals surface area contributed by atoms with Crippen LogP contribution in [0.3, 0.4) is 0 Å². The van der Waals surface area contributed by atoms with Crippen LogP contribution in [0.2, 0.25) is 19.6 Å². The molecule has 0 spiro atoms. The van der Waals surface area contributed by atoms with Crippen molar-refractivity contribution < 1.29 is 5.11 Å². The maximum absolute atomic E-state index is 8.59. The lowest BCUT2D eigenvalue weighted by atomic mass is 10.5. The minimum Gasteiger partial charge on any atom is -0.390 e. The summed E-state index contributed by atoms with van der Waals surface area (Å²) in [5.74, 6) is 0. The summed E-state index contributed by atoms with van der Waals surface area (Å²) < 4.78 is 4.33. The van der Waals surface area contributed by atoms with Crippen molar-refractivity contribution in [3.05, 3.63) is 0 Å². The fraction of sp³-hybridized carbons (Fsp3) is 0.833. The molecule has 0 fully saturated rings. The van der Waals surface area contributed by atoms with Crippen LogP contribution in [0.5, 0.6) is 0 Å². The Balaban J connectivity index is 3.95. The molecule has 1 N–H and O–H groups in total. The summed E-state index contributed by atoms with van der Waals surface area (Å²) in [6.45, 7) is 8.40. The topological polar surface area (TPSA) is 32.6 Å². The molecule has 0 heterocycles. The minimum atomic E-state index is -1.31. The molecule has 54 valence electrons. The highest BCUT2D eigenvalue weighted by Crippen LogP contribution is 2.01. The minimum absolute atomic E-state index is 0.101. The first-order chi connectivity index (χ1) is 3.95. The van der Waals surface area contributed by atoms with Crippen molar-refractivity contribution in [2.75, 3.05) is 6.61 Å². The van der Waals surface area contributed by atoms with Crippen molar-refractivity contribution in [2.24, 2.45) is 4.66 Å². The molecule has 0 aromatic rings. The maximum Gasteiger partial charge on any atom is 0.172 e. The van der Waals surface area contributed by atoms with E-state index in [1.807, 2.05) is 6.92 Å². The van der Waals surface area contributed by atoms with E-state index in [9.17, 15) is 0 Å². The summed E-state index contributed by atoms with van der Waals surface area (Å²) in [4.78, 5) is 0. The van der Waals surface area contributed by atoms with Crippen LogP contribution < -0.4 is 0 Å².